The van der Waals surface area contributed by atoms with E-state index in [2.05, 4.69) is 6.58 Å². The number of allylic oxidation sites excluding steroid dienone is 1. The van der Waals surface area contributed by atoms with Crippen LogP contribution in [0.2, 0.25) is 0 Å². The Bertz CT molecular complexity index is 412. The molecule has 1 fully saturated rings. The number of aliphatic carboxylic acids is 2. The summed E-state index contributed by atoms with van der Waals surface area (Å²) in [7, 11) is 0. The van der Waals surface area contributed by atoms with Gasteiger partial charge in [-0.1, -0.05) is 19.4 Å². The van der Waals surface area contributed by atoms with Gasteiger partial charge in [0.15, 0.2) is 5.78 Å². The van der Waals surface area contributed by atoms with Crippen LogP contribution in [-0.2, 0) is 14.4 Å². The van der Waals surface area contributed by atoms with Crippen LogP contribution in [0.3, 0.4) is 0 Å². The van der Waals surface area contributed by atoms with E-state index in [1.54, 1.807) is 6.92 Å². The van der Waals surface area contributed by atoms with Crippen molar-refractivity contribution in [3.05, 3.63) is 12.2 Å². The molecule has 0 aliphatic heterocycles. The van der Waals surface area contributed by atoms with Crippen molar-refractivity contribution < 1.29 is 24.6 Å². The summed E-state index contributed by atoms with van der Waals surface area (Å²) in [6.45, 7) is 5.10. The van der Waals surface area contributed by atoms with Crippen LogP contribution in [0, 0.1) is 11.3 Å². The minimum atomic E-state index is -1.31. The lowest BCUT2D eigenvalue weighted by Gasteiger charge is -2.38. The molecule has 106 valence electrons. The van der Waals surface area contributed by atoms with Crippen LogP contribution in [-0.4, -0.2) is 27.9 Å². The van der Waals surface area contributed by atoms with E-state index in [4.69, 9.17) is 0 Å². The van der Waals surface area contributed by atoms with Gasteiger partial charge in [-0.2, -0.15) is 0 Å². The van der Waals surface area contributed by atoms with Gasteiger partial charge >= 0.3 is 11.9 Å². The Morgan fingerprint density at radius 1 is 1.26 bits per heavy atom. The summed E-state index contributed by atoms with van der Waals surface area (Å²) in [5.74, 6) is -3.29. The highest BCUT2D eigenvalue weighted by molar-refractivity contribution is 5.94. The monoisotopic (exact) mass is 268 g/mol. The zero-order chi connectivity index (χ0) is 14.6. The first-order chi connectivity index (χ1) is 8.81. The van der Waals surface area contributed by atoms with Gasteiger partial charge in [-0.3, -0.25) is 14.4 Å². The molecule has 5 heteroatoms. The maximum atomic E-state index is 11.6. The first-order valence-corrected chi connectivity index (χ1v) is 6.46. The number of hydrogen-bond acceptors (Lipinski definition) is 3. The van der Waals surface area contributed by atoms with Crippen LogP contribution in [0.1, 0.15) is 45.4 Å². The number of rotatable bonds is 6. The highest BCUT2D eigenvalue weighted by Gasteiger charge is 2.50. The van der Waals surface area contributed by atoms with Crippen LogP contribution in [0.25, 0.3) is 0 Å². The Balaban J connectivity index is 2.94. The molecule has 0 aromatic heterocycles. The van der Waals surface area contributed by atoms with E-state index in [1.807, 2.05) is 0 Å². The Hall–Kier alpha value is -1.65. The van der Waals surface area contributed by atoms with Crippen molar-refractivity contribution in [3.63, 3.8) is 0 Å². The molecule has 19 heavy (non-hydrogen) atoms. The predicted octanol–water partition coefficient (Wildman–Crippen LogP) is 2.26. The highest BCUT2D eigenvalue weighted by Crippen LogP contribution is 2.45. The number of carboxylic acid groups (broad SMARTS) is 2. The number of carbonyl (C=O) groups is 3. The maximum absolute atomic E-state index is 11.6. The van der Waals surface area contributed by atoms with Crippen molar-refractivity contribution in [2.75, 3.05) is 0 Å². The van der Waals surface area contributed by atoms with Gasteiger partial charge in [-0.05, 0) is 31.8 Å². The molecule has 1 saturated carbocycles. The summed E-state index contributed by atoms with van der Waals surface area (Å²) in [5.41, 5.74) is -0.932. The summed E-state index contributed by atoms with van der Waals surface area (Å²) in [6.07, 6.45) is 2.22. The molecule has 1 rings (SSSR count). The lowest BCUT2D eigenvalue weighted by atomic mass is 9.63. The molecule has 0 heterocycles. The third kappa shape index (κ3) is 3.22. The fraction of sp³-hybridized carbons (Fsp3) is 0.643. The molecule has 0 spiro atoms. The van der Waals surface area contributed by atoms with E-state index in [-0.39, 0.29) is 18.6 Å². The maximum Gasteiger partial charge on any atom is 0.310 e. The number of carbonyl (C=O) groups excluding carboxylic acids is 1. The molecule has 5 nitrogen and oxygen atoms in total. The summed E-state index contributed by atoms with van der Waals surface area (Å²) in [6, 6.07) is 0. The topological polar surface area (TPSA) is 91.7 Å². The largest absolute Gasteiger partial charge is 0.481 e. The van der Waals surface area contributed by atoms with Crippen molar-refractivity contribution in [3.8, 4) is 0 Å². The molecular formula is C14H20O5. The third-order valence-electron chi connectivity index (χ3n) is 4.03. The van der Waals surface area contributed by atoms with E-state index in [1.165, 1.54) is 0 Å². The van der Waals surface area contributed by atoms with E-state index in [0.717, 1.165) is 6.42 Å². The van der Waals surface area contributed by atoms with E-state index in [9.17, 15) is 24.6 Å². The SMILES string of the molecule is C=C(C)C(=O)CCC1(C(=O)O)CCCCC1C(=O)O. The number of ketones is 1. The van der Waals surface area contributed by atoms with Gasteiger partial charge in [0.25, 0.3) is 0 Å². The van der Waals surface area contributed by atoms with Crippen LogP contribution < -0.4 is 0 Å². The lowest BCUT2D eigenvalue weighted by Crippen LogP contribution is -2.45. The van der Waals surface area contributed by atoms with E-state index in [0.29, 0.717) is 24.8 Å². The summed E-state index contributed by atoms with van der Waals surface area (Å²) >= 11 is 0. The molecule has 0 aromatic carbocycles. The molecule has 0 radical (unpaired) electrons. The first kappa shape index (κ1) is 15.4. The average molecular weight is 268 g/mol. The van der Waals surface area contributed by atoms with Crippen LogP contribution in [0.15, 0.2) is 12.2 Å². The quantitative estimate of drug-likeness (QED) is 0.721. The second kappa shape index (κ2) is 5.99. The summed E-state index contributed by atoms with van der Waals surface area (Å²) in [4.78, 5) is 34.5. The zero-order valence-electron chi connectivity index (χ0n) is 11.1. The van der Waals surface area contributed by atoms with Gasteiger partial charge < -0.3 is 10.2 Å². The van der Waals surface area contributed by atoms with E-state index < -0.39 is 23.3 Å². The molecule has 0 amide bonds. The fourth-order valence-electron chi connectivity index (χ4n) is 2.81. The van der Waals surface area contributed by atoms with Gasteiger partial charge in [0, 0.05) is 6.42 Å². The van der Waals surface area contributed by atoms with Gasteiger partial charge in [0.2, 0.25) is 0 Å². The number of carboxylic acids is 2. The van der Waals surface area contributed by atoms with E-state index >= 15 is 0 Å². The molecular weight excluding hydrogens is 248 g/mol. The zero-order valence-corrected chi connectivity index (χ0v) is 11.1. The number of hydrogen-bond donors (Lipinski definition) is 2. The molecule has 1 aliphatic carbocycles. The molecule has 2 N–H and O–H groups in total. The van der Waals surface area contributed by atoms with Crippen molar-refractivity contribution in [1.29, 1.82) is 0 Å². The average Bonchev–Trinajstić information content (AvgIpc) is 2.35. The van der Waals surface area contributed by atoms with Crippen molar-refractivity contribution in [1.82, 2.24) is 0 Å². The van der Waals surface area contributed by atoms with Crippen molar-refractivity contribution in [2.24, 2.45) is 11.3 Å². The fourth-order valence-corrected chi connectivity index (χ4v) is 2.81. The second-order valence-corrected chi connectivity index (χ2v) is 5.30. The van der Waals surface area contributed by atoms with Gasteiger partial charge in [0.05, 0.1) is 11.3 Å². The lowest BCUT2D eigenvalue weighted by molar-refractivity contribution is -0.167. The Kier molecular flexibility index (Phi) is 4.86. The minimum absolute atomic E-state index is 0.0470. The normalized spacial score (nSPS) is 26.7. The molecule has 2 atom stereocenters. The van der Waals surface area contributed by atoms with Crippen molar-refractivity contribution >= 4 is 17.7 Å². The molecule has 0 bridgehead atoms. The van der Waals surface area contributed by atoms with Crippen LogP contribution in [0.5, 0.6) is 0 Å². The number of Topliss-reactive ketones (excluding diaryl/α,β-unsaturated/α-hetero) is 1. The minimum Gasteiger partial charge on any atom is -0.481 e. The summed E-state index contributed by atoms with van der Waals surface area (Å²) in [5, 5.41) is 18.7. The van der Waals surface area contributed by atoms with Gasteiger partial charge in [-0.25, -0.2) is 0 Å². The Labute approximate surface area is 112 Å². The Morgan fingerprint density at radius 3 is 2.37 bits per heavy atom. The van der Waals surface area contributed by atoms with Crippen LogP contribution in [0.4, 0.5) is 0 Å². The summed E-state index contributed by atoms with van der Waals surface area (Å²) < 4.78 is 0. The van der Waals surface area contributed by atoms with Crippen LogP contribution >= 0.6 is 0 Å². The molecule has 2 unspecified atom stereocenters. The predicted molar refractivity (Wildman–Crippen MR) is 68.7 cm³/mol. The molecule has 0 aromatic rings. The van der Waals surface area contributed by atoms with Crippen molar-refractivity contribution in [2.45, 2.75) is 45.4 Å². The standard InChI is InChI=1S/C14H20O5/c1-9(2)11(15)6-8-14(13(18)19)7-4-3-5-10(14)12(16)17/h10H,1,3-8H2,2H3,(H,16,17)(H,18,19). The smallest absolute Gasteiger partial charge is 0.310 e. The molecule has 1 aliphatic rings. The van der Waals surface area contributed by atoms with Gasteiger partial charge in [0.1, 0.15) is 0 Å². The Morgan fingerprint density at radius 2 is 1.89 bits per heavy atom. The van der Waals surface area contributed by atoms with Gasteiger partial charge in [-0.15, -0.1) is 0 Å². The first-order valence-electron chi connectivity index (χ1n) is 6.46. The highest BCUT2D eigenvalue weighted by atomic mass is 16.4. The third-order valence-corrected chi connectivity index (χ3v) is 4.03. The molecule has 0 saturated heterocycles. The second-order valence-electron chi connectivity index (χ2n) is 5.30.